The number of nitrogens with zero attached hydrogens (tertiary/aromatic N) is 1. The first kappa shape index (κ1) is 20.0. The van der Waals surface area contributed by atoms with Gasteiger partial charge in [-0.25, -0.2) is 0 Å². The van der Waals surface area contributed by atoms with Crippen LogP contribution >= 0.6 is 11.6 Å². The molecule has 28 heavy (non-hydrogen) atoms. The van der Waals surface area contributed by atoms with Crippen LogP contribution in [0.25, 0.3) is 6.08 Å². The van der Waals surface area contributed by atoms with Crippen molar-refractivity contribution in [3.63, 3.8) is 0 Å². The number of ether oxygens (including phenoxy) is 1. The molecule has 0 aromatic heterocycles. The second-order valence-corrected chi connectivity index (χ2v) is 7.58. The Morgan fingerprint density at radius 2 is 1.93 bits per heavy atom. The van der Waals surface area contributed by atoms with Crippen molar-refractivity contribution in [2.75, 3.05) is 0 Å². The van der Waals surface area contributed by atoms with E-state index in [-0.39, 0.29) is 17.5 Å². The molecule has 3 rings (SSSR count). The highest BCUT2D eigenvalue weighted by Gasteiger charge is 2.24. The van der Waals surface area contributed by atoms with E-state index in [9.17, 15) is 10.1 Å². The SMILES string of the molecule is C[C@@H]1CCCC[C@@H]1NC(=O)/C(C#N)=C/c1cccc(Oc2ccc(Cl)cc2)c1. The monoisotopic (exact) mass is 394 g/mol. The van der Waals surface area contributed by atoms with E-state index in [1.54, 1.807) is 36.4 Å². The maximum absolute atomic E-state index is 12.6. The van der Waals surface area contributed by atoms with Crippen molar-refractivity contribution >= 4 is 23.6 Å². The molecule has 0 bridgehead atoms. The van der Waals surface area contributed by atoms with Gasteiger partial charge in [0, 0.05) is 11.1 Å². The van der Waals surface area contributed by atoms with Gasteiger partial charge < -0.3 is 10.1 Å². The first-order valence-electron chi connectivity index (χ1n) is 9.51. The van der Waals surface area contributed by atoms with Gasteiger partial charge in [-0.05, 0) is 66.8 Å². The van der Waals surface area contributed by atoms with Crippen LogP contribution in [0.3, 0.4) is 0 Å². The first-order valence-corrected chi connectivity index (χ1v) is 9.89. The second kappa shape index (κ2) is 9.43. The fraction of sp³-hybridized carbons (Fsp3) is 0.304. The third-order valence-electron chi connectivity index (χ3n) is 5.01. The van der Waals surface area contributed by atoms with Crippen molar-refractivity contribution in [2.45, 2.75) is 38.6 Å². The molecule has 2 aromatic carbocycles. The number of nitrogens with one attached hydrogen (secondary N) is 1. The van der Waals surface area contributed by atoms with Gasteiger partial charge in [0.2, 0.25) is 0 Å². The van der Waals surface area contributed by atoms with Crippen molar-refractivity contribution in [3.05, 3.63) is 64.7 Å². The van der Waals surface area contributed by atoms with Crippen LogP contribution in [0.1, 0.15) is 38.2 Å². The molecule has 1 N–H and O–H groups in total. The zero-order valence-corrected chi connectivity index (χ0v) is 16.6. The summed E-state index contributed by atoms with van der Waals surface area (Å²) >= 11 is 5.89. The Morgan fingerprint density at radius 3 is 2.64 bits per heavy atom. The van der Waals surface area contributed by atoms with Crippen LogP contribution < -0.4 is 10.1 Å². The number of benzene rings is 2. The van der Waals surface area contributed by atoms with Crippen LogP contribution in [0.5, 0.6) is 11.5 Å². The Bertz CT molecular complexity index is 900. The minimum Gasteiger partial charge on any atom is -0.457 e. The number of hydrogen-bond donors (Lipinski definition) is 1. The lowest BCUT2D eigenvalue weighted by atomic mass is 9.86. The number of halogens is 1. The Labute approximate surface area is 170 Å². The minimum atomic E-state index is -0.315. The molecule has 0 spiro atoms. The number of amides is 1. The number of carbonyl (C=O) groups is 1. The quantitative estimate of drug-likeness (QED) is 0.520. The summed E-state index contributed by atoms with van der Waals surface area (Å²) in [5.74, 6) is 1.41. The van der Waals surface area contributed by atoms with E-state index < -0.39 is 0 Å². The molecular weight excluding hydrogens is 372 g/mol. The molecule has 1 aliphatic carbocycles. The summed E-state index contributed by atoms with van der Waals surface area (Å²) < 4.78 is 5.81. The molecule has 0 radical (unpaired) electrons. The lowest BCUT2D eigenvalue weighted by Crippen LogP contribution is -2.41. The molecule has 0 aliphatic heterocycles. The molecule has 5 heteroatoms. The van der Waals surface area contributed by atoms with Crippen molar-refractivity contribution in [2.24, 2.45) is 5.92 Å². The molecule has 1 amide bonds. The molecule has 144 valence electrons. The van der Waals surface area contributed by atoms with Gasteiger partial charge >= 0.3 is 0 Å². The molecule has 0 saturated heterocycles. The largest absolute Gasteiger partial charge is 0.457 e. The summed E-state index contributed by atoms with van der Waals surface area (Å²) in [4.78, 5) is 12.6. The molecule has 1 aliphatic rings. The van der Waals surface area contributed by atoms with Gasteiger partial charge in [-0.15, -0.1) is 0 Å². The fourth-order valence-corrected chi connectivity index (χ4v) is 3.52. The molecule has 4 nitrogen and oxygen atoms in total. The summed E-state index contributed by atoms with van der Waals surface area (Å²) in [5, 5.41) is 13.1. The van der Waals surface area contributed by atoms with Gasteiger partial charge in [-0.2, -0.15) is 5.26 Å². The van der Waals surface area contributed by atoms with Crippen LogP contribution in [0.4, 0.5) is 0 Å². The maximum atomic E-state index is 12.6. The predicted molar refractivity (Wildman–Crippen MR) is 111 cm³/mol. The highest BCUT2D eigenvalue weighted by atomic mass is 35.5. The van der Waals surface area contributed by atoms with Crippen molar-refractivity contribution in [3.8, 4) is 17.6 Å². The van der Waals surface area contributed by atoms with Crippen molar-refractivity contribution in [1.82, 2.24) is 5.32 Å². The van der Waals surface area contributed by atoms with E-state index in [0.29, 0.717) is 22.4 Å². The van der Waals surface area contributed by atoms with Gasteiger partial charge in [0.15, 0.2) is 0 Å². The van der Waals surface area contributed by atoms with Gasteiger partial charge in [-0.1, -0.05) is 43.5 Å². The van der Waals surface area contributed by atoms with E-state index in [1.807, 2.05) is 24.3 Å². The normalized spacial score (nSPS) is 19.5. The van der Waals surface area contributed by atoms with Crippen LogP contribution in [0, 0.1) is 17.2 Å². The van der Waals surface area contributed by atoms with E-state index in [0.717, 1.165) is 24.8 Å². The summed E-state index contributed by atoms with van der Waals surface area (Å²) in [6, 6.07) is 16.5. The van der Waals surface area contributed by atoms with Gasteiger partial charge in [-0.3, -0.25) is 4.79 Å². The van der Waals surface area contributed by atoms with Crippen molar-refractivity contribution in [1.29, 1.82) is 5.26 Å². The van der Waals surface area contributed by atoms with Gasteiger partial charge in [0.25, 0.3) is 5.91 Å². The Hall–Kier alpha value is -2.77. The average molecular weight is 395 g/mol. The molecule has 0 unspecified atom stereocenters. The summed E-state index contributed by atoms with van der Waals surface area (Å²) in [6.45, 7) is 2.15. The number of carbonyl (C=O) groups excluding carboxylic acids is 1. The van der Waals surface area contributed by atoms with Crippen LogP contribution in [0.2, 0.25) is 5.02 Å². The van der Waals surface area contributed by atoms with E-state index >= 15 is 0 Å². The highest BCUT2D eigenvalue weighted by molar-refractivity contribution is 6.30. The smallest absolute Gasteiger partial charge is 0.262 e. The summed E-state index contributed by atoms with van der Waals surface area (Å²) in [6.07, 6.45) is 5.99. The van der Waals surface area contributed by atoms with Crippen LogP contribution in [-0.4, -0.2) is 11.9 Å². The third-order valence-corrected chi connectivity index (χ3v) is 5.26. The molecule has 1 saturated carbocycles. The molecular formula is C23H23ClN2O2. The van der Waals surface area contributed by atoms with E-state index in [4.69, 9.17) is 16.3 Å². The van der Waals surface area contributed by atoms with Crippen molar-refractivity contribution < 1.29 is 9.53 Å². The maximum Gasteiger partial charge on any atom is 0.262 e. The third kappa shape index (κ3) is 5.37. The van der Waals surface area contributed by atoms with Gasteiger partial charge in [0.1, 0.15) is 23.1 Å². The molecule has 1 fully saturated rings. The zero-order valence-electron chi connectivity index (χ0n) is 15.8. The van der Waals surface area contributed by atoms with Crippen LogP contribution in [0.15, 0.2) is 54.1 Å². The van der Waals surface area contributed by atoms with Gasteiger partial charge in [0.05, 0.1) is 0 Å². The lowest BCUT2D eigenvalue weighted by molar-refractivity contribution is -0.118. The minimum absolute atomic E-state index is 0.0985. The molecule has 2 aromatic rings. The molecule has 0 heterocycles. The Balaban J connectivity index is 1.72. The summed E-state index contributed by atoms with van der Waals surface area (Å²) in [5.41, 5.74) is 0.830. The topological polar surface area (TPSA) is 62.1 Å². The number of rotatable bonds is 5. The van der Waals surface area contributed by atoms with E-state index in [2.05, 4.69) is 12.2 Å². The highest BCUT2D eigenvalue weighted by Crippen LogP contribution is 2.26. The molecule has 2 atom stereocenters. The Kier molecular flexibility index (Phi) is 6.73. The van der Waals surface area contributed by atoms with E-state index in [1.165, 1.54) is 6.42 Å². The lowest BCUT2D eigenvalue weighted by Gasteiger charge is -2.29. The standard InChI is InChI=1S/C23H23ClN2O2/c1-16-5-2-3-8-22(16)26-23(27)18(15-25)13-17-6-4-7-21(14-17)28-20-11-9-19(24)10-12-20/h4,6-7,9-14,16,22H,2-3,5,8H2,1H3,(H,26,27)/b18-13+/t16-,22+/m1/s1. The summed E-state index contributed by atoms with van der Waals surface area (Å²) in [7, 11) is 0. The first-order chi connectivity index (χ1) is 13.5. The number of nitriles is 1. The Morgan fingerprint density at radius 1 is 1.18 bits per heavy atom. The zero-order chi connectivity index (χ0) is 19.9. The second-order valence-electron chi connectivity index (χ2n) is 7.14. The number of hydrogen-bond acceptors (Lipinski definition) is 3. The fourth-order valence-electron chi connectivity index (χ4n) is 3.40. The predicted octanol–water partition coefficient (Wildman–Crippen LogP) is 5.73. The van der Waals surface area contributed by atoms with Crippen LogP contribution in [-0.2, 0) is 4.79 Å². The average Bonchev–Trinajstić information content (AvgIpc) is 2.70.